The molecule has 6 heteroatoms. The van der Waals surface area contributed by atoms with Crippen molar-refractivity contribution < 1.29 is 9.21 Å². The van der Waals surface area contributed by atoms with E-state index < -0.39 is 0 Å². The lowest BCUT2D eigenvalue weighted by Gasteiger charge is -2.00. The molecule has 3 heterocycles. The molecule has 21 heavy (non-hydrogen) atoms. The molecule has 0 aliphatic rings. The molecule has 106 valence electrons. The van der Waals surface area contributed by atoms with Crippen molar-refractivity contribution in [2.45, 2.75) is 13.3 Å². The second kappa shape index (κ2) is 5.88. The lowest BCUT2D eigenvalue weighted by Crippen LogP contribution is -2.11. The molecular weight excluding hydrogens is 286 g/mol. The Kier molecular flexibility index (Phi) is 3.79. The molecule has 0 atom stereocenters. The standard InChI is InChI=1S/C15H13N3O2S/c1-2-12-13(11-4-3-9-20-11)17-15(21-12)18-14(19)10-5-7-16-8-6-10/h3-9H,2H2,1H3,(H,17,18,19). The van der Waals surface area contributed by atoms with E-state index in [0.29, 0.717) is 16.5 Å². The van der Waals surface area contributed by atoms with Crippen LogP contribution in [0, 0.1) is 0 Å². The number of nitrogens with one attached hydrogen (secondary N) is 1. The highest BCUT2D eigenvalue weighted by molar-refractivity contribution is 7.16. The largest absolute Gasteiger partial charge is 0.463 e. The smallest absolute Gasteiger partial charge is 0.257 e. The van der Waals surface area contributed by atoms with E-state index in [4.69, 9.17) is 4.42 Å². The number of amides is 1. The monoisotopic (exact) mass is 299 g/mol. The first-order valence-corrected chi connectivity index (χ1v) is 7.34. The van der Waals surface area contributed by atoms with Gasteiger partial charge in [0.25, 0.3) is 5.91 Å². The highest BCUT2D eigenvalue weighted by atomic mass is 32.1. The number of aromatic nitrogens is 2. The number of aryl methyl sites for hydroxylation is 1. The fourth-order valence-electron chi connectivity index (χ4n) is 1.92. The SMILES string of the molecule is CCc1sc(NC(=O)c2ccncc2)nc1-c1ccco1. The van der Waals surface area contributed by atoms with Crippen molar-refractivity contribution in [1.29, 1.82) is 0 Å². The number of anilines is 1. The maximum Gasteiger partial charge on any atom is 0.257 e. The van der Waals surface area contributed by atoms with Crippen LogP contribution in [0.15, 0.2) is 47.3 Å². The van der Waals surface area contributed by atoms with Crippen LogP contribution in [0.25, 0.3) is 11.5 Å². The summed E-state index contributed by atoms with van der Waals surface area (Å²) in [6.45, 7) is 2.05. The van der Waals surface area contributed by atoms with Crippen LogP contribution in [0.5, 0.6) is 0 Å². The van der Waals surface area contributed by atoms with Crippen molar-refractivity contribution in [1.82, 2.24) is 9.97 Å². The second-order valence-electron chi connectivity index (χ2n) is 4.31. The third-order valence-electron chi connectivity index (χ3n) is 2.94. The van der Waals surface area contributed by atoms with Gasteiger partial charge >= 0.3 is 0 Å². The lowest BCUT2D eigenvalue weighted by molar-refractivity contribution is 0.102. The van der Waals surface area contributed by atoms with E-state index in [1.54, 1.807) is 30.8 Å². The van der Waals surface area contributed by atoms with Crippen LogP contribution in [0.2, 0.25) is 0 Å². The summed E-state index contributed by atoms with van der Waals surface area (Å²) in [5, 5.41) is 3.38. The predicted octanol–water partition coefficient (Wildman–Crippen LogP) is 3.61. The van der Waals surface area contributed by atoms with Crippen LogP contribution in [0.1, 0.15) is 22.2 Å². The van der Waals surface area contributed by atoms with Crippen LogP contribution >= 0.6 is 11.3 Å². The van der Waals surface area contributed by atoms with Crippen molar-refractivity contribution in [3.05, 3.63) is 53.4 Å². The van der Waals surface area contributed by atoms with Gasteiger partial charge in [0, 0.05) is 22.8 Å². The van der Waals surface area contributed by atoms with E-state index in [1.807, 2.05) is 12.1 Å². The van der Waals surface area contributed by atoms with Crippen LogP contribution < -0.4 is 5.32 Å². The maximum absolute atomic E-state index is 12.1. The number of thiazole rings is 1. The molecule has 0 saturated carbocycles. The first-order chi connectivity index (χ1) is 10.3. The molecule has 0 radical (unpaired) electrons. The van der Waals surface area contributed by atoms with Crippen LogP contribution in [-0.4, -0.2) is 15.9 Å². The fourth-order valence-corrected chi connectivity index (χ4v) is 2.82. The molecule has 0 aliphatic carbocycles. The highest BCUT2D eigenvalue weighted by Gasteiger charge is 2.16. The molecule has 1 N–H and O–H groups in total. The molecule has 3 rings (SSSR count). The number of rotatable bonds is 4. The van der Waals surface area contributed by atoms with Gasteiger partial charge in [-0.05, 0) is 30.7 Å². The molecule has 0 aromatic carbocycles. The number of pyridine rings is 1. The van der Waals surface area contributed by atoms with Crippen molar-refractivity contribution in [2.24, 2.45) is 0 Å². The Labute approximate surface area is 125 Å². The molecule has 0 fully saturated rings. The van der Waals surface area contributed by atoms with Crippen molar-refractivity contribution >= 4 is 22.4 Å². The van der Waals surface area contributed by atoms with Crippen molar-refractivity contribution in [3.63, 3.8) is 0 Å². The van der Waals surface area contributed by atoms with Crippen LogP contribution in [0.4, 0.5) is 5.13 Å². The summed E-state index contributed by atoms with van der Waals surface area (Å²) in [6, 6.07) is 7.01. The molecule has 3 aromatic rings. The van der Waals surface area contributed by atoms with Crippen LogP contribution in [-0.2, 0) is 6.42 Å². The van der Waals surface area contributed by atoms with Crippen LogP contribution in [0.3, 0.4) is 0 Å². The Bertz CT molecular complexity index is 736. The van der Waals surface area contributed by atoms with Gasteiger partial charge in [-0.2, -0.15) is 0 Å². The Morgan fingerprint density at radius 3 is 2.81 bits per heavy atom. The normalized spacial score (nSPS) is 10.5. The molecule has 1 amide bonds. The zero-order valence-electron chi connectivity index (χ0n) is 11.4. The minimum absolute atomic E-state index is 0.195. The lowest BCUT2D eigenvalue weighted by atomic mass is 10.2. The topological polar surface area (TPSA) is 68.0 Å². The number of hydrogen-bond acceptors (Lipinski definition) is 5. The van der Waals surface area contributed by atoms with Gasteiger partial charge in [-0.15, -0.1) is 11.3 Å². The average Bonchev–Trinajstić information content (AvgIpc) is 3.16. The quantitative estimate of drug-likeness (QED) is 0.799. The number of furan rings is 1. The van der Waals surface area contributed by atoms with Gasteiger partial charge in [0.2, 0.25) is 0 Å². The minimum atomic E-state index is -0.195. The Morgan fingerprint density at radius 1 is 1.33 bits per heavy atom. The minimum Gasteiger partial charge on any atom is -0.463 e. The zero-order chi connectivity index (χ0) is 14.7. The van der Waals surface area contributed by atoms with E-state index in [1.165, 1.54) is 11.3 Å². The third kappa shape index (κ3) is 2.85. The van der Waals surface area contributed by atoms with E-state index in [-0.39, 0.29) is 5.91 Å². The number of nitrogens with zero attached hydrogens (tertiary/aromatic N) is 2. The highest BCUT2D eigenvalue weighted by Crippen LogP contribution is 2.31. The summed E-state index contributed by atoms with van der Waals surface area (Å²) >= 11 is 1.46. The third-order valence-corrected chi connectivity index (χ3v) is 4.05. The molecule has 5 nitrogen and oxygen atoms in total. The zero-order valence-corrected chi connectivity index (χ0v) is 12.2. The van der Waals surface area contributed by atoms with Gasteiger partial charge in [-0.3, -0.25) is 15.1 Å². The van der Waals surface area contributed by atoms with Gasteiger partial charge in [0.1, 0.15) is 5.69 Å². The number of hydrogen-bond donors (Lipinski definition) is 1. The van der Waals surface area contributed by atoms with Crippen molar-refractivity contribution in [3.8, 4) is 11.5 Å². The van der Waals surface area contributed by atoms with Gasteiger partial charge in [-0.1, -0.05) is 6.92 Å². The molecule has 0 saturated heterocycles. The molecular formula is C15H13N3O2S. The van der Waals surface area contributed by atoms with Gasteiger partial charge < -0.3 is 4.42 Å². The number of carbonyl (C=O) groups excluding carboxylic acids is 1. The Hall–Kier alpha value is -2.47. The summed E-state index contributed by atoms with van der Waals surface area (Å²) < 4.78 is 5.39. The molecule has 0 bridgehead atoms. The van der Waals surface area contributed by atoms with E-state index >= 15 is 0 Å². The van der Waals surface area contributed by atoms with E-state index in [9.17, 15) is 4.79 Å². The first-order valence-electron chi connectivity index (χ1n) is 6.53. The molecule has 0 unspecified atom stereocenters. The van der Waals surface area contributed by atoms with Gasteiger partial charge in [0.15, 0.2) is 10.9 Å². The van der Waals surface area contributed by atoms with Gasteiger partial charge in [-0.25, -0.2) is 4.98 Å². The Balaban J connectivity index is 1.85. The molecule has 0 spiro atoms. The predicted molar refractivity (Wildman–Crippen MR) is 81.4 cm³/mol. The summed E-state index contributed by atoms with van der Waals surface area (Å²) in [6.07, 6.45) is 5.62. The maximum atomic E-state index is 12.1. The Morgan fingerprint density at radius 2 is 2.14 bits per heavy atom. The number of carbonyl (C=O) groups is 1. The summed E-state index contributed by atoms with van der Waals surface area (Å²) in [5.74, 6) is 0.521. The van der Waals surface area contributed by atoms with Gasteiger partial charge in [0.05, 0.1) is 6.26 Å². The summed E-state index contributed by atoms with van der Waals surface area (Å²) in [4.78, 5) is 21.6. The average molecular weight is 299 g/mol. The first kappa shape index (κ1) is 13.5. The van der Waals surface area contributed by atoms with Crippen molar-refractivity contribution in [2.75, 3.05) is 5.32 Å². The van der Waals surface area contributed by atoms with E-state index in [0.717, 1.165) is 17.0 Å². The second-order valence-corrected chi connectivity index (χ2v) is 5.40. The molecule has 3 aromatic heterocycles. The van der Waals surface area contributed by atoms with E-state index in [2.05, 4.69) is 22.2 Å². The molecule has 0 aliphatic heterocycles. The fraction of sp³-hybridized carbons (Fsp3) is 0.133. The summed E-state index contributed by atoms with van der Waals surface area (Å²) in [5.41, 5.74) is 1.34. The summed E-state index contributed by atoms with van der Waals surface area (Å²) in [7, 11) is 0.